The lowest BCUT2D eigenvalue weighted by Gasteiger charge is -1.94. The Kier molecular flexibility index (Phi) is 2.19. The molecule has 1 heteroatoms. The summed E-state index contributed by atoms with van der Waals surface area (Å²) in [5, 5.41) is 0. The first-order valence-electron chi connectivity index (χ1n) is 4.03. The number of hydrogen-bond acceptors (Lipinski definition) is 1. The van der Waals surface area contributed by atoms with Crippen LogP contribution in [0.5, 0.6) is 0 Å². The van der Waals surface area contributed by atoms with Gasteiger partial charge >= 0.3 is 0 Å². The molecule has 1 aliphatic rings. The third-order valence-corrected chi connectivity index (χ3v) is 2.12. The van der Waals surface area contributed by atoms with Crippen molar-refractivity contribution in [3.05, 3.63) is 24.3 Å². The zero-order valence-corrected chi connectivity index (χ0v) is 7.55. The summed E-state index contributed by atoms with van der Waals surface area (Å²) in [6, 6.07) is 0. The van der Waals surface area contributed by atoms with Crippen LogP contribution in [0, 0.1) is 0 Å². The van der Waals surface area contributed by atoms with Gasteiger partial charge < -0.3 is 4.74 Å². The quantitative estimate of drug-likeness (QED) is 0.447. The number of rotatable bonds is 3. The van der Waals surface area contributed by atoms with Crippen LogP contribution in [0.4, 0.5) is 0 Å². The minimum Gasteiger partial charge on any atom is -0.362 e. The summed E-state index contributed by atoms with van der Waals surface area (Å²) >= 11 is 0. The van der Waals surface area contributed by atoms with Crippen molar-refractivity contribution in [2.45, 2.75) is 38.9 Å². The summed E-state index contributed by atoms with van der Waals surface area (Å²) in [5.74, 6) is 0. The van der Waals surface area contributed by atoms with E-state index in [1.165, 1.54) is 5.57 Å². The van der Waals surface area contributed by atoms with Crippen molar-refractivity contribution in [2.24, 2.45) is 0 Å². The van der Waals surface area contributed by atoms with Crippen LogP contribution in [0.2, 0.25) is 0 Å². The van der Waals surface area contributed by atoms with E-state index in [0.717, 1.165) is 6.42 Å². The summed E-state index contributed by atoms with van der Waals surface area (Å²) in [4.78, 5) is 0. The molecule has 0 bridgehead atoms. The van der Waals surface area contributed by atoms with Gasteiger partial charge in [-0.2, -0.15) is 0 Å². The molecule has 1 fully saturated rings. The molecule has 62 valence electrons. The maximum atomic E-state index is 5.44. The zero-order valence-electron chi connectivity index (χ0n) is 7.55. The van der Waals surface area contributed by atoms with E-state index in [4.69, 9.17) is 4.74 Å². The standard InChI is InChI=1S/C10H16O/c1-5-10(4)9(11-10)7-6-8(2)3/h5-6,9H,1,7H2,2-4H3/t9-,10+/m0/s1. The molecule has 1 heterocycles. The highest BCUT2D eigenvalue weighted by atomic mass is 16.6. The van der Waals surface area contributed by atoms with Crippen molar-refractivity contribution in [3.8, 4) is 0 Å². The Labute approximate surface area is 68.8 Å². The van der Waals surface area contributed by atoms with Crippen molar-refractivity contribution < 1.29 is 4.74 Å². The van der Waals surface area contributed by atoms with E-state index in [2.05, 4.69) is 33.4 Å². The summed E-state index contributed by atoms with van der Waals surface area (Å²) < 4.78 is 5.44. The maximum Gasteiger partial charge on any atom is 0.110 e. The minimum absolute atomic E-state index is 0.0358. The van der Waals surface area contributed by atoms with Crippen LogP contribution in [-0.4, -0.2) is 11.7 Å². The highest BCUT2D eigenvalue weighted by molar-refractivity contribution is 5.13. The molecule has 1 rings (SSSR count). The SMILES string of the molecule is C=C[C@@]1(C)O[C@H]1CC=C(C)C. The Hall–Kier alpha value is -0.560. The van der Waals surface area contributed by atoms with Gasteiger partial charge in [-0.1, -0.05) is 17.7 Å². The molecule has 0 aromatic rings. The van der Waals surface area contributed by atoms with Gasteiger partial charge in [-0.3, -0.25) is 0 Å². The third kappa shape index (κ3) is 1.93. The molecular weight excluding hydrogens is 136 g/mol. The molecule has 1 aliphatic heterocycles. The topological polar surface area (TPSA) is 12.5 Å². The van der Waals surface area contributed by atoms with Gasteiger partial charge in [-0.25, -0.2) is 0 Å². The second kappa shape index (κ2) is 2.82. The van der Waals surface area contributed by atoms with E-state index in [1.807, 2.05) is 6.08 Å². The fraction of sp³-hybridized carbons (Fsp3) is 0.600. The molecule has 11 heavy (non-hydrogen) atoms. The lowest BCUT2D eigenvalue weighted by Crippen LogP contribution is -2.03. The fourth-order valence-corrected chi connectivity index (χ4v) is 1.08. The summed E-state index contributed by atoms with van der Waals surface area (Å²) in [6.07, 6.45) is 5.48. The van der Waals surface area contributed by atoms with Gasteiger partial charge in [0.05, 0.1) is 6.10 Å². The van der Waals surface area contributed by atoms with Gasteiger partial charge in [0.2, 0.25) is 0 Å². The van der Waals surface area contributed by atoms with E-state index < -0.39 is 0 Å². The molecule has 0 radical (unpaired) electrons. The Morgan fingerprint density at radius 3 is 2.64 bits per heavy atom. The highest BCUT2D eigenvalue weighted by Crippen LogP contribution is 2.39. The number of ether oxygens (including phenoxy) is 1. The number of hydrogen-bond donors (Lipinski definition) is 0. The van der Waals surface area contributed by atoms with Crippen LogP contribution in [0.25, 0.3) is 0 Å². The van der Waals surface area contributed by atoms with Crippen LogP contribution in [0.15, 0.2) is 24.3 Å². The van der Waals surface area contributed by atoms with E-state index in [9.17, 15) is 0 Å². The molecule has 2 atom stereocenters. The van der Waals surface area contributed by atoms with Gasteiger partial charge in [-0.05, 0) is 27.2 Å². The molecule has 0 N–H and O–H groups in total. The molecule has 0 saturated carbocycles. The first-order valence-corrected chi connectivity index (χ1v) is 4.03. The minimum atomic E-state index is -0.0358. The van der Waals surface area contributed by atoms with Crippen LogP contribution in [-0.2, 0) is 4.74 Å². The van der Waals surface area contributed by atoms with Crippen molar-refractivity contribution in [2.75, 3.05) is 0 Å². The Morgan fingerprint density at radius 1 is 1.64 bits per heavy atom. The van der Waals surface area contributed by atoms with E-state index in [0.29, 0.717) is 6.10 Å². The van der Waals surface area contributed by atoms with Gasteiger partial charge in [0.15, 0.2) is 0 Å². The normalized spacial score (nSPS) is 34.6. The Morgan fingerprint density at radius 2 is 2.27 bits per heavy atom. The Bertz CT molecular complexity index is 189. The lowest BCUT2D eigenvalue weighted by molar-refractivity contribution is 0.343. The first kappa shape index (κ1) is 8.54. The summed E-state index contributed by atoms with van der Waals surface area (Å²) in [7, 11) is 0. The van der Waals surface area contributed by atoms with Crippen molar-refractivity contribution in [1.29, 1.82) is 0 Å². The largest absolute Gasteiger partial charge is 0.362 e. The fourth-order valence-electron chi connectivity index (χ4n) is 1.08. The van der Waals surface area contributed by atoms with Crippen molar-refractivity contribution in [1.82, 2.24) is 0 Å². The lowest BCUT2D eigenvalue weighted by atomic mass is 10.1. The number of allylic oxidation sites excluding steroid dienone is 1. The smallest absolute Gasteiger partial charge is 0.110 e. The van der Waals surface area contributed by atoms with Gasteiger partial charge in [0.1, 0.15) is 5.60 Å². The first-order chi connectivity index (χ1) is 5.08. The average molecular weight is 152 g/mol. The molecule has 0 aromatic carbocycles. The van der Waals surface area contributed by atoms with Crippen LogP contribution < -0.4 is 0 Å². The van der Waals surface area contributed by atoms with Gasteiger partial charge in [0.25, 0.3) is 0 Å². The molecule has 0 amide bonds. The predicted molar refractivity (Wildman–Crippen MR) is 47.5 cm³/mol. The van der Waals surface area contributed by atoms with E-state index in [1.54, 1.807) is 0 Å². The average Bonchev–Trinajstić information content (AvgIpc) is 2.59. The maximum absolute atomic E-state index is 5.44. The molecule has 0 unspecified atom stereocenters. The molecule has 0 aliphatic carbocycles. The van der Waals surface area contributed by atoms with Crippen molar-refractivity contribution >= 4 is 0 Å². The molecule has 0 spiro atoms. The van der Waals surface area contributed by atoms with Gasteiger partial charge in [-0.15, -0.1) is 6.58 Å². The molecule has 1 nitrogen and oxygen atoms in total. The third-order valence-electron chi connectivity index (χ3n) is 2.12. The molecule has 1 saturated heterocycles. The summed E-state index contributed by atoms with van der Waals surface area (Å²) in [5.41, 5.74) is 1.32. The second-order valence-corrected chi connectivity index (χ2v) is 3.51. The zero-order chi connectivity index (χ0) is 8.48. The highest BCUT2D eigenvalue weighted by Gasteiger charge is 2.48. The molecular formula is C10H16O. The monoisotopic (exact) mass is 152 g/mol. The van der Waals surface area contributed by atoms with Gasteiger partial charge in [0, 0.05) is 0 Å². The predicted octanol–water partition coefficient (Wildman–Crippen LogP) is 2.69. The van der Waals surface area contributed by atoms with E-state index >= 15 is 0 Å². The van der Waals surface area contributed by atoms with Crippen LogP contribution >= 0.6 is 0 Å². The van der Waals surface area contributed by atoms with Crippen LogP contribution in [0.3, 0.4) is 0 Å². The summed E-state index contributed by atoms with van der Waals surface area (Å²) in [6.45, 7) is 10.0. The van der Waals surface area contributed by atoms with E-state index in [-0.39, 0.29) is 5.60 Å². The second-order valence-electron chi connectivity index (χ2n) is 3.51. The Balaban J connectivity index is 2.34. The van der Waals surface area contributed by atoms with Crippen LogP contribution in [0.1, 0.15) is 27.2 Å². The molecule has 0 aromatic heterocycles. The van der Waals surface area contributed by atoms with Crippen molar-refractivity contribution in [3.63, 3.8) is 0 Å². The number of epoxide rings is 1.